The lowest BCUT2D eigenvalue weighted by atomic mass is 10.1. The number of benzene rings is 1. The first kappa shape index (κ1) is 14.2. The molecule has 2 aromatic rings. The average Bonchev–Trinajstić information content (AvgIpc) is 2.56. The number of hydrogen-bond donors (Lipinski definition) is 1. The molecule has 3 nitrogen and oxygen atoms in total. The van der Waals surface area contributed by atoms with Crippen LogP contribution in [0.25, 0.3) is 0 Å². The van der Waals surface area contributed by atoms with Crippen molar-refractivity contribution in [3.8, 4) is 0 Å². The molecule has 0 atom stereocenters. The third kappa shape index (κ3) is 3.88. The van der Waals surface area contributed by atoms with Crippen molar-refractivity contribution in [2.45, 2.75) is 25.8 Å². The molecule has 1 aliphatic heterocycles. The Bertz CT molecular complexity index is 560. The number of rotatable bonds is 4. The van der Waals surface area contributed by atoms with Crippen LogP contribution >= 0.6 is 11.6 Å². The number of nitrogens with one attached hydrogen (secondary N) is 1. The molecule has 0 bridgehead atoms. The third-order valence-corrected chi connectivity index (χ3v) is 4.11. The summed E-state index contributed by atoms with van der Waals surface area (Å²) in [6, 6.07) is 12.6. The molecule has 1 aromatic carbocycles. The van der Waals surface area contributed by atoms with E-state index in [4.69, 9.17) is 11.6 Å². The maximum absolute atomic E-state index is 5.78. The SMILES string of the molecule is Clc1ccc(NCc2ccc(N3CCCCC3)cc2)cn1. The van der Waals surface area contributed by atoms with E-state index in [9.17, 15) is 0 Å². The Hall–Kier alpha value is -1.74. The first-order valence-corrected chi connectivity index (χ1v) is 7.88. The molecule has 21 heavy (non-hydrogen) atoms. The van der Waals surface area contributed by atoms with Gasteiger partial charge >= 0.3 is 0 Å². The van der Waals surface area contributed by atoms with Gasteiger partial charge in [-0.2, -0.15) is 0 Å². The summed E-state index contributed by atoms with van der Waals surface area (Å²) in [4.78, 5) is 6.54. The molecule has 0 spiro atoms. The van der Waals surface area contributed by atoms with Crippen LogP contribution in [0.2, 0.25) is 5.15 Å². The zero-order valence-electron chi connectivity index (χ0n) is 12.1. The molecule has 3 rings (SSSR count). The highest BCUT2D eigenvalue weighted by atomic mass is 35.5. The molecule has 0 saturated carbocycles. The minimum Gasteiger partial charge on any atom is -0.380 e. The van der Waals surface area contributed by atoms with Crippen molar-refractivity contribution in [2.24, 2.45) is 0 Å². The summed E-state index contributed by atoms with van der Waals surface area (Å²) < 4.78 is 0. The van der Waals surface area contributed by atoms with Gasteiger partial charge in [-0.1, -0.05) is 23.7 Å². The summed E-state index contributed by atoms with van der Waals surface area (Å²) in [5.74, 6) is 0. The largest absolute Gasteiger partial charge is 0.380 e. The van der Waals surface area contributed by atoms with Gasteiger partial charge < -0.3 is 10.2 Å². The van der Waals surface area contributed by atoms with E-state index in [0.717, 1.165) is 12.2 Å². The van der Waals surface area contributed by atoms with E-state index >= 15 is 0 Å². The normalized spacial score (nSPS) is 15.0. The summed E-state index contributed by atoms with van der Waals surface area (Å²) in [6.45, 7) is 3.17. The van der Waals surface area contributed by atoms with Crippen molar-refractivity contribution >= 4 is 23.0 Å². The van der Waals surface area contributed by atoms with Crippen molar-refractivity contribution in [3.63, 3.8) is 0 Å². The molecule has 1 fully saturated rings. The van der Waals surface area contributed by atoms with Crippen molar-refractivity contribution in [1.29, 1.82) is 0 Å². The molecule has 0 amide bonds. The van der Waals surface area contributed by atoms with Gasteiger partial charge in [-0.3, -0.25) is 0 Å². The topological polar surface area (TPSA) is 28.2 Å². The number of hydrogen-bond acceptors (Lipinski definition) is 3. The Morgan fingerprint density at radius 3 is 2.43 bits per heavy atom. The van der Waals surface area contributed by atoms with E-state index in [1.54, 1.807) is 12.3 Å². The van der Waals surface area contributed by atoms with E-state index in [1.807, 2.05) is 6.07 Å². The highest BCUT2D eigenvalue weighted by molar-refractivity contribution is 6.29. The lowest BCUT2D eigenvalue weighted by Crippen LogP contribution is -2.29. The van der Waals surface area contributed by atoms with Gasteiger partial charge in [0.15, 0.2) is 0 Å². The van der Waals surface area contributed by atoms with Crippen molar-refractivity contribution in [3.05, 3.63) is 53.3 Å². The van der Waals surface area contributed by atoms with Crippen molar-refractivity contribution in [2.75, 3.05) is 23.3 Å². The van der Waals surface area contributed by atoms with Gasteiger partial charge in [0.05, 0.1) is 11.9 Å². The molecular weight excluding hydrogens is 282 g/mol. The number of nitrogens with zero attached hydrogens (tertiary/aromatic N) is 2. The molecule has 0 unspecified atom stereocenters. The fourth-order valence-electron chi connectivity index (χ4n) is 2.66. The van der Waals surface area contributed by atoms with Gasteiger partial charge in [-0.15, -0.1) is 0 Å². The molecule has 1 saturated heterocycles. The summed E-state index contributed by atoms with van der Waals surface area (Å²) in [5, 5.41) is 3.87. The molecule has 2 heterocycles. The second-order valence-electron chi connectivity index (χ2n) is 5.44. The fraction of sp³-hybridized carbons (Fsp3) is 0.353. The summed E-state index contributed by atoms with van der Waals surface area (Å²) in [7, 11) is 0. The van der Waals surface area contributed by atoms with Gasteiger partial charge in [0, 0.05) is 25.3 Å². The smallest absolute Gasteiger partial charge is 0.129 e. The predicted octanol–water partition coefficient (Wildman–Crippen LogP) is 4.34. The summed E-state index contributed by atoms with van der Waals surface area (Å²) in [6.07, 6.45) is 5.75. The number of anilines is 2. The van der Waals surface area contributed by atoms with Crippen LogP contribution in [0.5, 0.6) is 0 Å². The minimum absolute atomic E-state index is 0.520. The molecular formula is C17H20ClN3. The highest BCUT2D eigenvalue weighted by Crippen LogP contribution is 2.20. The summed E-state index contributed by atoms with van der Waals surface area (Å²) in [5.41, 5.74) is 3.59. The van der Waals surface area contributed by atoms with Crippen LogP contribution in [-0.4, -0.2) is 18.1 Å². The highest BCUT2D eigenvalue weighted by Gasteiger charge is 2.10. The Morgan fingerprint density at radius 1 is 1.00 bits per heavy atom. The lowest BCUT2D eigenvalue weighted by Gasteiger charge is -2.28. The average molecular weight is 302 g/mol. The minimum atomic E-state index is 0.520. The van der Waals surface area contributed by atoms with Gasteiger partial charge in [-0.05, 0) is 49.1 Å². The van der Waals surface area contributed by atoms with Gasteiger partial charge in [0.2, 0.25) is 0 Å². The van der Waals surface area contributed by atoms with E-state index in [0.29, 0.717) is 5.15 Å². The second kappa shape index (κ2) is 6.81. The zero-order chi connectivity index (χ0) is 14.5. The Morgan fingerprint density at radius 2 is 1.76 bits per heavy atom. The number of halogens is 1. The fourth-order valence-corrected chi connectivity index (χ4v) is 2.77. The van der Waals surface area contributed by atoms with Crippen LogP contribution in [0.4, 0.5) is 11.4 Å². The Labute approximate surface area is 131 Å². The van der Waals surface area contributed by atoms with E-state index in [2.05, 4.69) is 39.5 Å². The van der Waals surface area contributed by atoms with Crippen LogP contribution in [-0.2, 0) is 6.54 Å². The van der Waals surface area contributed by atoms with Crippen LogP contribution in [0.1, 0.15) is 24.8 Å². The molecule has 0 aliphatic carbocycles. The van der Waals surface area contributed by atoms with Crippen molar-refractivity contribution < 1.29 is 0 Å². The van der Waals surface area contributed by atoms with E-state index in [1.165, 1.54) is 43.6 Å². The molecule has 1 aromatic heterocycles. The molecule has 110 valence electrons. The van der Waals surface area contributed by atoms with Crippen LogP contribution < -0.4 is 10.2 Å². The lowest BCUT2D eigenvalue weighted by molar-refractivity contribution is 0.578. The number of piperidine rings is 1. The molecule has 1 N–H and O–H groups in total. The van der Waals surface area contributed by atoms with Gasteiger partial charge in [-0.25, -0.2) is 4.98 Å². The summed E-state index contributed by atoms with van der Waals surface area (Å²) >= 11 is 5.78. The molecule has 4 heteroatoms. The monoisotopic (exact) mass is 301 g/mol. The van der Waals surface area contributed by atoms with E-state index < -0.39 is 0 Å². The van der Waals surface area contributed by atoms with Gasteiger partial charge in [0.1, 0.15) is 5.15 Å². The zero-order valence-corrected chi connectivity index (χ0v) is 12.8. The van der Waals surface area contributed by atoms with Crippen LogP contribution in [0.15, 0.2) is 42.6 Å². The number of aromatic nitrogens is 1. The molecule has 0 radical (unpaired) electrons. The second-order valence-corrected chi connectivity index (χ2v) is 5.82. The predicted molar refractivity (Wildman–Crippen MR) is 89.1 cm³/mol. The maximum atomic E-state index is 5.78. The molecule has 1 aliphatic rings. The van der Waals surface area contributed by atoms with E-state index in [-0.39, 0.29) is 0 Å². The van der Waals surface area contributed by atoms with Crippen LogP contribution in [0.3, 0.4) is 0 Å². The van der Waals surface area contributed by atoms with Crippen molar-refractivity contribution in [1.82, 2.24) is 4.98 Å². The Kier molecular flexibility index (Phi) is 4.61. The quantitative estimate of drug-likeness (QED) is 0.852. The first-order valence-electron chi connectivity index (χ1n) is 7.50. The Balaban J connectivity index is 1.57. The number of pyridine rings is 1. The maximum Gasteiger partial charge on any atom is 0.129 e. The standard InChI is InChI=1S/C17H20ClN3/c18-17-9-6-15(13-20-17)19-12-14-4-7-16(8-5-14)21-10-2-1-3-11-21/h4-9,13,19H,1-3,10-12H2. The first-order chi connectivity index (χ1) is 10.3. The van der Waals surface area contributed by atoms with Gasteiger partial charge in [0.25, 0.3) is 0 Å². The third-order valence-electron chi connectivity index (χ3n) is 3.88. The van der Waals surface area contributed by atoms with Crippen LogP contribution in [0, 0.1) is 0 Å².